The first-order valence-electron chi connectivity index (χ1n) is 13.4. The van der Waals surface area contributed by atoms with E-state index < -0.39 is 0 Å². The van der Waals surface area contributed by atoms with Crippen molar-refractivity contribution in [1.29, 1.82) is 0 Å². The molecule has 0 unspecified atom stereocenters. The average Bonchev–Trinajstić information content (AvgIpc) is 3.59. The van der Waals surface area contributed by atoms with Gasteiger partial charge in [-0.1, -0.05) is 33.8 Å². The number of aromatic nitrogens is 4. The standard InChI is InChI=1S/C13H17N3O2S.C13H17N3OS.2C2H6/c1-9-5-11(13(18-4)12(6-9)17-3)15-19-10-7-14-16(2)8-10;1-9-5-10(2)13(17-4)12(6-9)15-18-11-7-14-16(3)8-11;2*1-2/h5-8,15H,1-4H3;5-8,15H,1-4H3;2*1-2H3. The Morgan fingerprint density at radius 2 is 1.07 bits per heavy atom. The van der Waals surface area contributed by atoms with E-state index in [-0.39, 0.29) is 0 Å². The minimum absolute atomic E-state index is 0.699. The Kier molecular flexibility index (Phi) is 16.3. The zero-order valence-corrected chi connectivity index (χ0v) is 28.1. The molecule has 0 atom stereocenters. The minimum atomic E-state index is 0.699. The van der Waals surface area contributed by atoms with Gasteiger partial charge in [-0.25, -0.2) is 0 Å². The van der Waals surface area contributed by atoms with Crippen LogP contribution in [0.1, 0.15) is 44.4 Å². The number of rotatable bonds is 9. The monoisotopic (exact) mass is 602 g/mol. The number of hydrogen-bond acceptors (Lipinski definition) is 9. The van der Waals surface area contributed by atoms with Crippen LogP contribution in [0.3, 0.4) is 0 Å². The summed E-state index contributed by atoms with van der Waals surface area (Å²) >= 11 is 3.01. The van der Waals surface area contributed by atoms with Crippen LogP contribution in [0.25, 0.3) is 0 Å². The molecule has 0 bridgehead atoms. The lowest BCUT2D eigenvalue weighted by Gasteiger charge is -2.14. The van der Waals surface area contributed by atoms with Gasteiger partial charge < -0.3 is 23.7 Å². The predicted octanol–water partition coefficient (Wildman–Crippen LogP) is 8.08. The molecule has 0 aliphatic carbocycles. The molecule has 4 rings (SSSR count). The van der Waals surface area contributed by atoms with Gasteiger partial charge in [0, 0.05) is 26.5 Å². The van der Waals surface area contributed by atoms with E-state index >= 15 is 0 Å². The van der Waals surface area contributed by atoms with Crippen LogP contribution in [0.5, 0.6) is 17.2 Å². The highest BCUT2D eigenvalue weighted by Gasteiger charge is 2.12. The minimum Gasteiger partial charge on any atom is -0.494 e. The van der Waals surface area contributed by atoms with Gasteiger partial charge in [-0.3, -0.25) is 9.36 Å². The Hall–Kier alpha value is -3.44. The smallest absolute Gasteiger partial charge is 0.184 e. The fraction of sp³-hybridized carbons (Fsp3) is 0.400. The molecular formula is C30H46N6O3S2. The van der Waals surface area contributed by atoms with Crippen LogP contribution < -0.4 is 23.7 Å². The molecule has 4 aromatic rings. The predicted molar refractivity (Wildman–Crippen MR) is 175 cm³/mol. The van der Waals surface area contributed by atoms with Crippen LogP contribution in [-0.4, -0.2) is 40.9 Å². The van der Waals surface area contributed by atoms with E-state index in [9.17, 15) is 0 Å². The molecule has 0 aliphatic heterocycles. The summed E-state index contributed by atoms with van der Waals surface area (Å²) in [6, 6.07) is 8.15. The third-order valence-corrected chi connectivity index (χ3v) is 6.70. The van der Waals surface area contributed by atoms with Gasteiger partial charge in [-0.2, -0.15) is 10.2 Å². The maximum absolute atomic E-state index is 5.43. The Labute approximate surface area is 254 Å². The van der Waals surface area contributed by atoms with Gasteiger partial charge in [0.05, 0.1) is 54.9 Å². The summed E-state index contributed by atoms with van der Waals surface area (Å²) in [5.74, 6) is 2.30. The maximum atomic E-state index is 5.43. The number of nitrogens with one attached hydrogen (secondary N) is 2. The molecule has 0 spiro atoms. The van der Waals surface area contributed by atoms with Crippen LogP contribution in [0.4, 0.5) is 11.4 Å². The highest BCUT2D eigenvalue weighted by atomic mass is 32.2. The first-order valence-corrected chi connectivity index (χ1v) is 15.1. The highest BCUT2D eigenvalue weighted by Crippen LogP contribution is 2.38. The van der Waals surface area contributed by atoms with Crippen LogP contribution in [0, 0.1) is 20.8 Å². The number of methoxy groups -OCH3 is 3. The van der Waals surface area contributed by atoms with Crippen molar-refractivity contribution in [3.05, 3.63) is 65.7 Å². The summed E-state index contributed by atoms with van der Waals surface area (Å²) in [5.41, 5.74) is 5.32. The second-order valence-electron chi connectivity index (χ2n) is 8.32. The van der Waals surface area contributed by atoms with E-state index in [1.54, 1.807) is 36.9 Å². The quantitative estimate of drug-likeness (QED) is 0.185. The summed E-state index contributed by atoms with van der Waals surface area (Å²) in [7, 11) is 8.75. The van der Waals surface area contributed by atoms with Crippen molar-refractivity contribution in [1.82, 2.24) is 19.6 Å². The normalized spacial score (nSPS) is 9.66. The van der Waals surface area contributed by atoms with Crippen molar-refractivity contribution in [2.45, 2.75) is 58.3 Å². The van der Waals surface area contributed by atoms with Crippen molar-refractivity contribution in [3.63, 3.8) is 0 Å². The lowest BCUT2D eigenvalue weighted by atomic mass is 10.1. The van der Waals surface area contributed by atoms with Gasteiger partial charge in [0.25, 0.3) is 0 Å². The highest BCUT2D eigenvalue weighted by molar-refractivity contribution is 8.00. The second kappa shape index (κ2) is 18.8. The van der Waals surface area contributed by atoms with Gasteiger partial charge in [0.1, 0.15) is 5.75 Å². The fourth-order valence-corrected chi connectivity index (χ4v) is 4.98. The third kappa shape index (κ3) is 11.2. The van der Waals surface area contributed by atoms with Gasteiger partial charge in [0.15, 0.2) is 11.5 Å². The average molecular weight is 603 g/mol. The molecule has 0 radical (unpaired) electrons. The second-order valence-corrected chi connectivity index (χ2v) is 10.1. The van der Waals surface area contributed by atoms with Crippen LogP contribution in [-0.2, 0) is 14.1 Å². The zero-order valence-electron chi connectivity index (χ0n) is 26.4. The molecule has 0 amide bonds. The number of hydrogen-bond donors (Lipinski definition) is 2. The molecule has 0 saturated heterocycles. The van der Waals surface area contributed by atoms with Crippen LogP contribution in [0.2, 0.25) is 0 Å². The molecule has 226 valence electrons. The third-order valence-electron chi connectivity index (χ3n) is 5.17. The van der Waals surface area contributed by atoms with E-state index in [1.807, 2.05) is 86.4 Å². The first kappa shape index (κ1) is 35.6. The zero-order chi connectivity index (χ0) is 30.9. The number of benzene rings is 2. The number of nitrogens with zero attached hydrogens (tertiary/aromatic N) is 4. The number of aryl methyl sites for hydroxylation is 5. The Morgan fingerprint density at radius 3 is 1.46 bits per heavy atom. The lowest BCUT2D eigenvalue weighted by Crippen LogP contribution is -1.96. The molecule has 41 heavy (non-hydrogen) atoms. The number of anilines is 2. The van der Waals surface area contributed by atoms with Crippen molar-refractivity contribution < 1.29 is 14.2 Å². The van der Waals surface area contributed by atoms with Gasteiger partial charge >= 0.3 is 0 Å². The van der Waals surface area contributed by atoms with E-state index in [2.05, 4.69) is 38.7 Å². The van der Waals surface area contributed by atoms with Gasteiger partial charge in [-0.15, -0.1) is 0 Å². The Bertz CT molecular complexity index is 1320. The molecular weight excluding hydrogens is 557 g/mol. The largest absolute Gasteiger partial charge is 0.494 e. The first-order chi connectivity index (χ1) is 19.7. The van der Waals surface area contributed by atoms with E-state index in [0.717, 1.165) is 43.8 Å². The maximum Gasteiger partial charge on any atom is 0.184 e. The summed E-state index contributed by atoms with van der Waals surface area (Å²) in [6.07, 6.45) is 7.54. The van der Waals surface area contributed by atoms with E-state index in [0.29, 0.717) is 5.75 Å². The van der Waals surface area contributed by atoms with Crippen LogP contribution in [0.15, 0.2) is 58.8 Å². The van der Waals surface area contributed by atoms with Gasteiger partial charge in [-0.05, 0) is 79.6 Å². The molecule has 9 nitrogen and oxygen atoms in total. The van der Waals surface area contributed by atoms with Crippen molar-refractivity contribution in [2.75, 3.05) is 30.8 Å². The topological polar surface area (TPSA) is 87.4 Å². The van der Waals surface area contributed by atoms with E-state index in [4.69, 9.17) is 14.2 Å². The molecule has 2 aromatic carbocycles. The molecule has 2 aromatic heterocycles. The molecule has 2 N–H and O–H groups in total. The number of ether oxygens (including phenoxy) is 3. The molecule has 0 fully saturated rings. The van der Waals surface area contributed by atoms with E-state index in [1.165, 1.54) is 29.5 Å². The molecule has 0 aliphatic rings. The molecule has 11 heteroatoms. The SMILES string of the molecule is CC.CC.COc1c(C)cc(C)cc1NSc1cnn(C)c1.COc1cc(C)cc(NSc2cnn(C)c2)c1OC. The molecule has 2 heterocycles. The lowest BCUT2D eigenvalue weighted by molar-refractivity contribution is 0.356. The summed E-state index contributed by atoms with van der Waals surface area (Å²) in [6.45, 7) is 14.1. The van der Waals surface area contributed by atoms with Crippen molar-refractivity contribution in [2.24, 2.45) is 14.1 Å². The van der Waals surface area contributed by atoms with Gasteiger partial charge in [0.2, 0.25) is 0 Å². The summed E-state index contributed by atoms with van der Waals surface area (Å²) in [4.78, 5) is 2.10. The fourth-order valence-electron chi connectivity index (χ4n) is 3.61. The van der Waals surface area contributed by atoms with Crippen LogP contribution >= 0.6 is 23.9 Å². The molecule has 0 saturated carbocycles. The summed E-state index contributed by atoms with van der Waals surface area (Å²) < 4.78 is 26.3. The Morgan fingerprint density at radius 1 is 0.634 bits per heavy atom. The summed E-state index contributed by atoms with van der Waals surface area (Å²) in [5, 5.41) is 8.25. The van der Waals surface area contributed by atoms with Crippen molar-refractivity contribution >= 4 is 35.3 Å². The Balaban J connectivity index is 0.000000366. The van der Waals surface area contributed by atoms with Crippen molar-refractivity contribution in [3.8, 4) is 17.2 Å².